The molecule has 0 spiro atoms. The van der Waals surface area contributed by atoms with Crippen molar-refractivity contribution in [2.24, 2.45) is 5.92 Å². The van der Waals surface area contributed by atoms with Crippen LogP contribution in [-0.4, -0.2) is 37.7 Å². The van der Waals surface area contributed by atoms with E-state index < -0.39 is 0 Å². The molecular formula is C22H25NO4. The van der Waals surface area contributed by atoms with Gasteiger partial charge in [-0.1, -0.05) is 18.2 Å². The molecule has 5 heteroatoms. The number of hydrogen-bond acceptors (Lipinski definition) is 5. The molecule has 0 radical (unpaired) electrons. The van der Waals surface area contributed by atoms with Gasteiger partial charge in [0, 0.05) is 24.2 Å². The van der Waals surface area contributed by atoms with Gasteiger partial charge in [-0.25, -0.2) is 0 Å². The van der Waals surface area contributed by atoms with Gasteiger partial charge in [-0.2, -0.15) is 0 Å². The molecule has 1 N–H and O–H groups in total. The highest BCUT2D eigenvalue weighted by molar-refractivity contribution is 5.83. The highest BCUT2D eigenvalue weighted by Gasteiger charge is 2.30. The summed E-state index contributed by atoms with van der Waals surface area (Å²) in [5.41, 5.74) is 1.28. The number of benzene rings is 2. The van der Waals surface area contributed by atoms with Crippen molar-refractivity contribution in [3.8, 4) is 17.2 Å². The fourth-order valence-electron chi connectivity index (χ4n) is 3.66. The Balaban J connectivity index is 1.76. The maximum absolute atomic E-state index is 11.2. The van der Waals surface area contributed by atoms with E-state index in [1.165, 1.54) is 6.07 Å². The van der Waals surface area contributed by atoms with Crippen LogP contribution in [0.4, 0.5) is 5.69 Å². The van der Waals surface area contributed by atoms with Crippen LogP contribution in [0, 0.1) is 5.92 Å². The topological polar surface area (TPSA) is 59.0 Å². The van der Waals surface area contributed by atoms with Crippen molar-refractivity contribution in [2.45, 2.75) is 18.9 Å². The number of anilines is 1. The Morgan fingerprint density at radius 1 is 1.30 bits per heavy atom. The molecule has 27 heavy (non-hydrogen) atoms. The fourth-order valence-corrected chi connectivity index (χ4v) is 3.66. The van der Waals surface area contributed by atoms with Crippen LogP contribution in [0.1, 0.15) is 23.2 Å². The molecule has 2 atom stereocenters. The molecule has 0 aliphatic carbocycles. The van der Waals surface area contributed by atoms with Gasteiger partial charge in [0.2, 0.25) is 0 Å². The fraction of sp³-hybridized carbons (Fsp3) is 0.318. The second-order valence-electron chi connectivity index (χ2n) is 6.64. The van der Waals surface area contributed by atoms with Gasteiger partial charge >= 0.3 is 0 Å². The number of hydrogen-bond donors (Lipinski definition) is 1. The molecule has 0 saturated carbocycles. The van der Waals surface area contributed by atoms with Crippen molar-refractivity contribution >= 4 is 12.0 Å². The number of carbonyl (C=O) groups excluding carboxylic acids is 1. The average Bonchev–Trinajstić information content (AvgIpc) is 2.71. The molecule has 142 valence electrons. The summed E-state index contributed by atoms with van der Waals surface area (Å²) in [7, 11) is 1.66. The van der Waals surface area contributed by atoms with E-state index in [-0.39, 0.29) is 23.3 Å². The maximum Gasteiger partial charge on any atom is 0.157 e. The minimum atomic E-state index is -0.0654. The molecule has 1 aliphatic rings. The molecule has 1 fully saturated rings. The number of nitrogens with zero attached hydrogens (tertiary/aromatic N) is 1. The lowest BCUT2D eigenvalue weighted by Gasteiger charge is -2.41. The minimum Gasteiger partial charge on any atom is -0.507 e. The van der Waals surface area contributed by atoms with Crippen molar-refractivity contribution in [1.29, 1.82) is 0 Å². The number of methoxy groups -OCH3 is 1. The summed E-state index contributed by atoms with van der Waals surface area (Å²) in [5.74, 6) is 1.39. The predicted octanol–water partition coefficient (Wildman–Crippen LogP) is 4.06. The summed E-state index contributed by atoms with van der Waals surface area (Å²) in [4.78, 5) is 13.6. The minimum absolute atomic E-state index is 0.0654. The van der Waals surface area contributed by atoms with Crippen molar-refractivity contribution < 1.29 is 19.4 Å². The van der Waals surface area contributed by atoms with Crippen LogP contribution in [0.25, 0.3) is 0 Å². The Hall–Kier alpha value is -2.95. The SMILES string of the molecule is C=CC1[C@H](COc2cccc(O)c2C=O)CCCN1c1cccc(OC)c1. The Morgan fingerprint density at radius 2 is 2.11 bits per heavy atom. The Bertz CT molecular complexity index is 805. The average molecular weight is 367 g/mol. The van der Waals surface area contributed by atoms with Crippen LogP contribution in [0.2, 0.25) is 0 Å². The van der Waals surface area contributed by atoms with E-state index in [0.29, 0.717) is 18.6 Å². The molecule has 1 aliphatic heterocycles. The zero-order valence-electron chi connectivity index (χ0n) is 15.5. The van der Waals surface area contributed by atoms with Crippen LogP contribution < -0.4 is 14.4 Å². The van der Waals surface area contributed by atoms with Gasteiger partial charge in [0.1, 0.15) is 17.2 Å². The third-order valence-electron chi connectivity index (χ3n) is 5.06. The molecular weight excluding hydrogens is 342 g/mol. The first kappa shape index (κ1) is 18.8. The Kier molecular flexibility index (Phi) is 6.01. The van der Waals surface area contributed by atoms with Crippen molar-refractivity contribution in [3.05, 3.63) is 60.7 Å². The lowest BCUT2D eigenvalue weighted by molar-refractivity contribution is 0.111. The largest absolute Gasteiger partial charge is 0.507 e. The number of phenolic OH excluding ortho intramolecular Hbond substituents is 1. The predicted molar refractivity (Wildman–Crippen MR) is 106 cm³/mol. The number of ether oxygens (including phenoxy) is 2. The highest BCUT2D eigenvalue weighted by Crippen LogP contribution is 2.33. The van der Waals surface area contributed by atoms with E-state index in [1.54, 1.807) is 19.2 Å². The monoisotopic (exact) mass is 367 g/mol. The summed E-state index contributed by atoms with van der Waals surface area (Å²) in [5, 5.41) is 9.82. The first-order chi connectivity index (χ1) is 13.2. The number of aromatic hydroxyl groups is 1. The standard InChI is InChI=1S/C22H25NO4/c1-3-20-16(15-27-22-11-5-10-21(25)19(22)14-24)7-6-12-23(20)17-8-4-9-18(13-17)26-2/h3-5,8-11,13-14,16,20,25H,1,6-7,12,15H2,2H3/t16-,20?/m0/s1. The van der Waals surface area contributed by atoms with Gasteiger partial charge in [-0.15, -0.1) is 6.58 Å². The van der Waals surface area contributed by atoms with Crippen LogP contribution in [0.5, 0.6) is 17.2 Å². The zero-order chi connectivity index (χ0) is 19.2. The van der Waals surface area contributed by atoms with Gasteiger partial charge in [0.05, 0.1) is 25.3 Å². The van der Waals surface area contributed by atoms with Crippen LogP contribution in [0.15, 0.2) is 55.1 Å². The normalized spacial score (nSPS) is 19.4. The first-order valence-electron chi connectivity index (χ1n) is 9.11. The van der Waals surface area contributed by atoms with Crippen LogP contribution in [-0.2, 0) is 0 Å². The first-order valence-corrected chi connectivity index (χ1v) is 9.11. The molecule has 1 unspecified atom stereocenters. The van der Waals surface area contributed by atoms with E-state index in [1.807, 2.05) is 24.3 Å². The molecule has 2 aromatic carbocycles. The van der Waals surface area contributed by atoms with E-state index in [2.05, 4.69) is 17.5 Å². The molecule has 3 rings (SSSR count). The maximum atomic E-state index is 11.2. The summed E-state index contributed by atoms with van der Waals surface area (Å²) in [6.07, 6.45) is 4.62. The molecule has 0 bridgehead atoms. The van der Waals surface area contributed by atoms with Gasteiger partial charge in [0.15, 0.2) is 6.29 Å². The third-order valence-corrected chi connectivity index (χ3v) is 5.06. The summed E-state index contributed by atoms with van der Waals surface area (Å²) < 4.78 is 11.3. The van der Waals surface area contributed by atoms with Crippen LogP contribution in [0.3, 0.4) is 0 Å². The number of phenols is 1. The zero-order valence-corrected chi connectivity index (χ0v) is 15.5. The number of aldehydes is 1. The van der Waals surface area contributed by atoms with E-state index >= 15 is 0 Å². The number of rotatable bonds is 7. The Morgan fingerprint density at radius 3 is 2.85 bits per heavy atom. The van der Waals surface area contributed by atoms with Crippen molar-refractivity contribution in [1.82, 2.24) is 0 Å². The smallest absolute Gasteiger partial charge is 0.157 e. The lowest BCUT2D eigenvalue weighted by Crippen LogP contribution is -2.46. The number of carbonyl (C=O) groups is 1. The number of piperidine rings is 1. The molecule has 1 saturated heterocycles. The molecule has 0 aromatic heterocycles. The molecule has 5 nitrogen and oxygen atoms in total. The quantitative estimate of drug-likeness (QED) is 0.591. The lowest BCUT2D eigenvalue weighted by atomic mass is 9.89. The van der Waals surface area contributed by atoms with Gasteiger partial charge in [-0.05, 0) is 37.1 Å². The van der Waals surface area contributed by atoms with Crippen molar-refractivity contribution in [3.63, 3.8) is 0 Å². The molecule has 1 heterocycles. The summed E-state index contributed by atoms with van der Waals surface area (Å²) >= 11 is 0. The van der Waals surface area contributed by atoms with E-state index in [4.69, 9.17) is 9.47 Å². The van der Waals surface area contributed by atoms with Gasteiger partial charge < -0.3 is 19.5 Å². The summed E-state index contributed by atoms with van der Waals surface area (Å²) in [6.45, 7) is 5.41. The van der Waals surface area contributed by atoms with E-state index in [9.17, 15) is 9.90 Å². The third kappa shape index (κ3) is 4.08. The second-order valence-corrected chi connectivity index (χ2v) is 6.64. The summed E-state index contributed by atoms with van der Waals surface area (Å²) in [6, 6.07) is 13.0. The second kappa shape index (κ2) is 8.62. The Labute approximate surface area is 159 Å². The van der Waals surface area contributed by atoms with E-state index in [0.717, 1.165) is 30.8 Å². The molecule has 2 aromatic rings. The molecule has 0 amide bonds. The van der Waals surface area contributed by atoms with Gasteiger partial charge in [0.25, 0.3) is 0 Å². The van der Waals surface area contributed by atoms with Crippen molar-refractivity contribution in [2.75, 3.05) is 25.2 Å². The van der Waals surface area contributed by atoms with Gasteiger partial charge in [-0.3, -0.25) is 4.79 Å². The highest BCUT2D eigenvalue weighted by atomic mass is 16.5. The van der Waals surface area contributed by atoms with Crippen LogP contribution >= 0.6 is 0 Å².